The van der Waals surface area contributed by atoms with Gasteiger partial charge in [0.2, 0.25) is 23.6 Å². The number of aliphatic hydroxyl groups is 1. The van der Waals surface area contributed by atoms with Crippen molar-refractivity contribution in [2.75, 3.05) is 0 Å². The van der Waals surface area contributed by atoms with Crippen molar-refractivity contribution in [3.05, 3.63) is 0 Å². The first-order valence-corrected chi connectivity index (χ1v) is 7.29. The van der Waals surface area contributed by atoms with Crippen molar-refractivity contribution in [1.82, 2.24) is 10.6 Å². The number of hydrogen-bond donors (Lipinski definition) is 7. The summed E-state index contributed by atoms with van der Waals surface area (Å²) in [4.78, 5) is 56.9. The van der Waals surface area contributed by atoms with Gasteiger partial charge >= 0.3 is 5.97 Å². The van der Waals surface area contributed by atoms with E-state index in [4.69, 9.17) is 22.3 Å². The molecule has 4 atom stereocenters. The molecule has 25 heavy (non-hydrogen) atoms. The maximum Gasteiger partial charge on any atom is 0.326 e. The lowest BCUT2D eigenvalue weighted by atomic mass is 10.1. The number of primary amides is 2. The van der Waals surface area contributed by atoms with Crippen molar-refractivity contribution in [2.45, 2.75) is 50.4 Å². The number of amides is 4. The van der Waals surface area contributed by atoms with Gasteiger partial charge in [-0.1, -0.05) is 0 Å². The van der Waals surface area contributed by atoms with Gasteiger partial charge in [0.15, 0.2) is 0 Å². The highest BCUT2D eigenvalue weighted by atomic mass is 16.4. The predicted molar refractivity (Wildman–Crippen MR) is 83.4 cm³/mol. The summed E-state index contributed by atoms with van der Waals surface area (Å²) in [6.07, 6.45) is -2.41. The number of carboxylic acids is 1. The first kappa shape index (κ1) is 22.3. The third kappa shape index (κ3) is 8.62. The largest absolute Gasteiger partial charge is 0.480 e. The van der Waals surface area contributed by atoms with Gasteiger partial charge in [-0.25, -0.2) is 4.79 Å². The fourth-order valence-electron chi connectivity index (χ4n) is 1.71. The van der Waals surface area contributed by atoms with Crippen molar-refractivity contribution in [3.63, 3.8) is 0 Å². The van der Waals surface area contributed by atoms with Gasteiger partial charge in [0.25, 0.3) is 0 Å². The summed E-state index contributed by atoms with van der Waals surface area (Å²) in [6.45, 7) is 1.25. The molecule has 12 nitrogen and oxygen atoms in total. The zero-order valence-corrected chi connectivity index (χ0v) is 13.6. The minimum atomic E-state index is -1.50. The van der Waals surface area contributed by atoms with E-state index in [1.165, 1.54) is 6.92 Å². The van der Waals surface area contributed by atoms with E-state index in [1.807, 2.05) is 0 Å². The second-order valence-corrected chi connectivity index (χ2v) is 5.40. The number of carbonyl (C=O) groups is 5. The molecule has 0 heterocycles. The van der Waals surface area contributed by atoms with Crippen molar-refractivity contribution >= 4 is 29.6 Å². The van der Waals surface area contributed by atoms with Crippen LogP contribution >= 0.6 is 0 Å². The molecule has 0 saturated heterocycles. The Morgan fingerprint density at radius 3 is 1.88 bits per heavy atom. The van der Waals surface area contributed by atoms with Gasteiger partial charge in [-0.05, 0) is 13.3 Å². The summed E-state index contributed by atoms with van der Waals surface area (Å²) >= 11 is 0. The normalized spacial score (nSPS) is 15.3. The van der Waals surface area contributed by atoms with Crippen LogP contribution in [0, 0.1) is 0 Å². The lowest BCUT2D eigenvalue weighted by molar-refractivity contribution is -0.142. The minimum Gasteiger partial charge on any atom is -0.480 e. The number of hydrogen-bond acceptors (Lipinski definition) is 7. The summed E-state index contributed by atoms with van der Waals surface area (Å²) in [6, 6.07) is -4.32. The maximum atomic E-state index is 12.1. The predicted octanol–water partition coefficient (Wildman–Crippen LogP) is -4.11. The molecule has 0 aromatic heterocycles. The molecule has 0 aromatic rings. The van der Waals surface area contributed by atoms with Gasteiger partial charge < -0.3 is 38.0 Å². The number of nitrogens with two attached hydrogens (primary N) is 3. The third-order valence-electron chi connectivity index (χ3n) is 3.15. The Bertz CT molecular complexity index is 537. The second-order valence-electron chi connectivity index (χ2n) is 5.40. The van der Waals surface area contributed by atoms with E-state index in [9.17, 15) is 29.1 Å². The fourth-order valence-corrected chi connectivity index (χ4v) is 1.71. The van der Waals surface area contributed by atoms with Crippen LogP contribution in [0.4, 0.5) is 0 Å². The molecule has 0 spiro atoms. The number of carbonyl (C=O) groups excluding carboxylic acids is 4. The lowest BCUT2D eigenvalue weighted by Gasteiger charge is -2.22. The van der Waals surface area contributed by atoms with Crippen molar-refractivity contribution in [3.8, 4) is 0 Å². The van der Waals surface area contributed by atoms with E-state index in [0.717, 1.165) is 0 Å². The van der Waals surface area contributed by atoms with Gasteiger partial charge in [-0.3, -0.25) is 19.2 Å². The van der Waals surface area contributed by atoms with E-state index in [-0.39, 0.29) is 12.8 Å². The lowest BCUT2D eigenvalue weighted by Crippen LogP contribution is -2.57. The number of rotatable bonds is 11. The number of aliphatic hydroxyl groups excluding tert-OH is 1. The number of aliphatic carboxylic acids is 1. The Kier molecular flexibility index (Phi) is 9.09. The zero-order chi connectivity index (χ0) is 19.7. The quantitative estimate of drug-likeness (QED) is 0.191. The molecule has 12 heteroatoms. The molecule has 0 aliphatic heterocycles. The molecule has 0 saturated carbocycles. The SMILES string of the molecule is CC(O)C(N)C(=O)NC(CC(N)=O)C(=O)NC(CCC(N)=O)C(=O)O. The van der Waals surface area contributed by atoms with Gasteiger partial charge in [0.1, 0.15) is 18.1 Å². The summed E-state index contributed by atoms with van der Waals surface area (Å²) in [5.74, 6) is -5.07. The van der Waals surface area contributed by atoms with E-state index in [2.05, 4.69) is 10.6 Å². The van der Waals surface area contributed by atoms with Gasteiger partial charge in [0, 0.05) is 6.42 Å². The minimum absolute atomic E-state index is 0.277. The monoisotopic (exact) mass is 361 g/mol. The summed E-state index contributed by atoms with van der Waals surface area (Å²) in [7, 11) is 0. The highest BCUT2D eigenvalue weighted by Crippen LogP contribution is 2.01. The smallest absolute Gasteiger partial charge is 0.326 e. The Morgan fingerprint density at radius 2 is 1.48 bits per heavy atom. The standard InChI is InChI=1S/C13H23N5O7/c1-5(19)10(16)12(23)18-7(4-9(15)21)11(22)17-6(13(24)25)2-3-8(14)20/h5-7,10,19H,2-4,16H2,1H3,(H2,14,20)(H2,15,21)(H,17,22)(H,18,23)(H,24,25). The van der Waals surface area contributed by atoms with Crippen LogP contribution in [0.3, 0.4) is 0 Å². The first-order chi connectivity index (χ1) is 11.5. The molecule has 0 radical (unpaired) electrons. The number of nitrogens with one attached hydrogen (secondary N) is 2. The molecule has 0 rings (SSSR count). The van der Waals surface area contributed by atoms with E-state index in [0.29, 0.717) is 0 Å². The fraction of sp³-hybridized carbons (Fsp3) is 0.615. The first-order valence-electron chi connectivity index (χ1n) is 7.29. The summed E-state index contributed by atoms with van der Waals surface area (Å²) < 4.78 is 0. The Labute approximate surface area is 143 Å². The Hall–Kier alpha value is -2.73. The molecule has 142 valence electrons. The van der Waals surface area contributed by atoms with Crippen molar-refractivity contribution < 1.29 is 34.2 Å². The molecule has 10 N–H and O–H groups in total. The van der Waals surface area contributed by atoms with E-state index >= 15 is 0 Å². The topological polar surface area (TPSA) is 228 Å². The van der Waals surface area contributed by atoms with Crippen LogP contribution in [0.25, 0.3) is 0 Å². The third-order valence-corrected chi connectivity index (χ3v) is 3.15. The van der Waals surface area contributed by atoms with Crippen molar-refractivity contribution in [2.24, 2.45) is 17.2 Å². The summed E-state index contributed by atoms with van der Waals surface area (Å²) in [5.41, 5.74) is 15.3. The number of carboxylic acid groups (broad SMARTS) is 1. The van der Waals surface area contributed by atoms with Gasteiger partial charge in [0.05, 0.1) is 12.5 Å². The van der Waals surface area contributed by atoms with Crippen LogP contribution in [-0.2, 0) is 24.0 Å². The Balaban J connectivity index is 5.08. The molecular weight excluding hydrogens is 338 g/mol. The second kappa shape index (κ2) is 10.2. The highest BCUT2D eigenvalue weighted by molar-refractivity contribution is 5.94. The van der Waals surface area contributed by atoms with Crippen LogP contribution in [0.5, 0.6) is 0 Å². The van der Waals surface area contributed by atoms with Crippen molar-refractivity contribution in [1.29, 1.82) is 0 Å². The summed E-state index contributed by atoms with van der Waals surface area (Å²) in [5, 5.41) is 22.5. The average molecular weight is 361 g/mol. The van der Waals surface area contributed by atoms with Crippen LogP contribution in [-0.4, -0.2) is 64.0 Å². The van der Waals surface area contributed by atoms with Gasteiger partial charge in [-0.2, -0.15) is 0 Å². The molecule has 0 aromatic carbocycles. The van der Waals surface area contributed by atoms with Crippen LogP contribution < -0.4 is 27.8 Å². The highest BCUT2D eigenvalue weighted by Gasteiger charge is 2.30. The average Bonchev–Trinajstić information content (AvgIpc) is 2.48. The molecule has 4 unspecified atom stereocenters. The Morgan fingerprint density at radius 1 is 0.960 bits per heavy atom. The molecule has 4 amide bonds. The molecular formula is C13H23N5O7. The van der Waals surface area contributed by atoms with Crippen LogP contribution in [0.1, 0.15) is 26.2 Å². The van der Waals surface area contributed by atoms with Crippen LogP contribution in [0.2, 0.25) is 0 Å². The van der Waals surface area contributed by atoms with E-state index < -0.39 is 60.2 Å². The molecule has 0 fully saturated rings. The van der Waals surface area contributed by atoms with Gasteiger partial charge in [-0.15, -0.1) is 0 Å². The molecule has 0 aliphatic rings. The van der Waals surface area contributed by atoms with E-state index in [1.54, 1.807) is 0 Å². The molecule has 0 bridgehead atoms. The van der Waals surface area contributed by atoms with Crippen LogP contribution in [0.15, 0.2) is 0 Å². The maximum absolute atomic E-state index is 12.1. The zero-order valence-electron chi connectivity index (χ0n) is 13.6. The molecule has 0 aliphatic carbocycles.